The molecule has 0 bridgehead atoms. The number of nitrogens with zero attached hydrogens (tertiary/aromatic N) is 3. The summed E-state index contributed by atoms with van der Waals surface area (Å²) in [6.07, 6.45) is 5.12. The van der Waals surface area contributed by atoms with E-state index in [0.29, 0.717) is 13.0 Å². The first-order valence-corrected chi connectivity index (χ1v) is 6.20. The standard InChI is InChI=1S/C14H14FN3O/c15-11-3-1-10(2-4-11)13-7-12(19)9-18(13)14-8-16-5-6-17-14/h1-6,8,12-13,19H,7,9H2/t12-,13+/m1/s1. The lowest BCUT2D eigenvalue weighted by atomic mass is 10.0. The molecule has 4 nitrogen and oxygen atoms in total. The third kappa shape index (κ3) is 2.42. The van der Waals surface area contributed by atoms with Crippen LogP contribution in [0.25, 0.3) is 0 Å². The average molecular weight is 259 g/mol. The Kier molecular flexibility index (Phi) is 3.13. The van der Waals surface area contributed by atoms with E-state index in [9.17, 15) is 9.50 Å². The van der Waals surface area contributed by atoms with Gasteiger partial charge in [-0.1, -0.05) is 12.1 Å². The number of hydrogen-bond acceptors (Lipinski definition) is 4. The molecule has 1 N–H and O–H groups in total. The number of anilines is 1. The maximum Gasteiger partial charge on any atom is 0.147 e. The zero-order chi connectivity index (χ0) is 13.2. The van der Waals surface area contributed by atoms with Crippen molar-refractivity contribution in [2.24, 2.45) is 0 Å². The van der Waals surface area contributed by atoms with Crippen molar-refractivity contribution >= 4 is 5.82 Å². The Morgan fingerprint density at radius 3 is 2.68 bits per heavy atom. The van der Waals surface area contributed by atoms with Crippen LogP contribution in [0.5, 0.6) is 0 Å². The fourth-order valence-corrected chi connectivity index (χ4v) is 2.51. The van der Waals surface area contributed by atoms with Crippen LogP contribution >= 0.6 is 0 Å². The normalized spacial score (nSPS) is 22.7. The van der Waals surface area contributed by atoms with Gasteiger partial charge in [0.05, 0.1) is 18.3 Å². The van der Waals surface area contributed by atoms with E-state index in [4.69, 9.17) is 0 Å². The molecular formula is C14H14FN3O. The Morgan fingerprint density at radius 1 is 1.21 bits per heavy atom. The minimum absolute atomic E-state index is 0.00676. The molecule has 0 amide bonds. The van der Waals surface area contributed by atoms with Crippen molar-refractivity contribution in [1.29, 1.82) is 0 Å². The zero-order valence-corrected chi connectivity index (χ0v) is 10.3. The molecule has 1 aliphatic heterocycles. The number of aliphatic hydroxyl groups is 1. The van der Waals surface area contributed by atoms with Crippen LogP contribution in [-0.4, -0.2) is 27.7 Å². The van der Waals surface area contributed by atoms with Crippen molar-refractivity contribution in [3.05, 3.63) is 54.2 Å². The fraction of sp³-hybridized carbons (Fsp3) is 0.286. The van der Waals surface area contributed by atoms with E-state index in [1.54, 1.807) is 30.7 Å². The monoisotopic (exact) mass is 259 g/mol. The molecule has 3 rings (SSSR count). The smallest absolute Gasteiger partial charge is 0.147 e. The zero-order valence-electron chi connectivity index (χ0n) is 10.3. The molecule has 2 aromatic rings. The van der Waals surface area contributed by atoms with Gasteiger partial charge in [-0.25, -0.2) is 9.37 Å². The van der Waals surface area contributed by atoms with Crippen molar-refractivity contribution in [1.82, 2.24) is 9.97 Å². The highest BCUT2D eigenvalue weighted by atomic mass is 19.1. The molecule has 2 atom stereocenters. The molecule has 19 heavy (non-hydrogen) atoms. The number of aliphatic hydroxyl groups excluding tert-OH is 1. The van der Waals surface area contributed by atoms with Gasteiger partial charge in [-0.2, -0.15) is 0 Å². The second-order valence-corrected chi connectivity index (χ2v) is 4.67. The third-order valence-electron chi connectivity index (χ3n) is 3.38. The van der Waals surface area contributed by atoms with E-state index >= 15 is 0 Å². The topological polar surface area (TPSA) is 49.2 Å². The summed E-state index contributed by atoms with van der Waals surface area (Å²) >= 11 is 0. The van der Waals surface area contributed by atoms with Gasteiger partial charge in [-0.05, 0) is 24.1 Å². The van der Waals surface area contributed by atoms with Crippen LogP contribution in [0.4, 0.5) is 10.2 Å². The van der Waals surface area contributed by atoms with Gasteiger partial charge in [0.2, 0.25) is 0 Å². The highest BCUT2D eigenvalue weighted by Gasteiger charge is 2.32. The molecule has 0 spiro atoms. The molecule has 5 heteroatoms. The molecule has 98 valence electrons. The third-order valence-corrected chi connectivity index (χ3v) is 3.38. The lowest BCUT2D eigenvalue weighted by Crippen LogP contribution is -2.25. The minimum Gasteiger partial charge on any atom is -0.391 e. The van der Waals surface area contributed by atoms with E-state index in [1.807, 2.05) is 4.90 Å². The lowest BCUT2D eigenvalue weighted by Gasteiger charge is -2.25. The maximum absolute atomic E-state index is 13.0. The molecule has 0 unspecified atom stereocenters. The van der Waals surface area contributed by atoms with Gasteiger partial charge in [-0.3, -0.25) is 4.98 Å². The second kappa shape index (κ2) is 4.93. The van der Waals surface area contributed by atoms with Gasteiger partial charge in [0.15, 0.2) is 0 Å². The van der Waals surface area contributed by atoms with Gasteiger partial charge >= 0.3 is 0 Å². The predicted molar refractivity (Wildman–Crippen MR) is 69.1 cm³/mol. The molecular weight excluding hydrogens is 245 g/mol. The first-order chi connectivity index (χ1) is 9.24. The molecule has 1 aliphatic rings. The summed E-state index contributed by atoms with van der Waals surface area (Å²) in [5, 5.41) is 9.88. The van der Waals surface area contributed by atoms with E-state index in [1.165, 1.54) is 12.1 Å². The number of benzene rings is 1. The summed E-state index contributed by atoms with van der Waals surface area (Å²) in [5.41, 5.74) is 0.976. The summed E-state index contributed by atoms with van der Waals surface area (Å²) in [4.78, 5) is 10.3. The Morgan fingerprint density at radius 2 is 2.00 bits per heavy atom. The maximum atomic E-state index is 13.0. The van der Waals surface area contributed by atoms with Crippen molar-refractivity contribution < 1.29 is 9.50 Å². The van der Waals surface area contributed by atoms with Crippen LogP contribution in [0, 0.1) is 5.82 Å². The first-order valence-electron chi connectivity index (χ1n) is 6.20. The lowest BCUT2D eigenvalue weighted by molar-refractivity contribution is 0.194. The van der Waals surface area contributed by atoms with Crippen LogP contribution in [0.3, 0.4) is 0 Å². The SMILES string of the molecule is O[C@@H]1C[C@@H](c2ccc(F)cc2)N(c2cnccn2)C1. The summed E-state index contributed by atoms with van der Waals surface area (Å²) in [5.74, 6) is 0.474. The largest absolute Gasteiger partial charge is 0.391 e. The summed E-state index contributed by atoms with van der Waals surface area (Å²) in [6.45, 7) is 0.515. The minimum atomic E-state index is -0.406. The Bertz CT molecular complexity index is 546. The van der Waals surface area contributed by atoms with E-state index in [-0.39, 0.29) is 11.9 Å². The molecule has 1 fully saturated rings. The quantitative estimate of drug-likeness (QED) is 0.895. The number of halogens is 1. The number of rotatable bonds is 2. The molecule has 1 aromatic carbocycles. The van der Waals surface area contributed by atoms with Gasteiger partial charge in [0.25, 0.3) is 0 Å². The highest BCUT2D eigenvalue weighted by molar-refractivity contribution is 5.42. The summed E-state index contributed by atoms with van der Waals surface area (Å²) in [7, 11) is 0. The van der Waals surface area contributed by atoms with Crippen LogP contribution in [0.1, 0.15) is 18.0 Å². The van der Waals surface area contributed by atoms with E-state index in [2.05, 4.69) is 9.97 Å². The molecule has 1 aromatic heterocycles. The van der Waals surface area contributed by atoms with Crippen LogP contribution in [0.15, 0.2) is 42.9 Å². The Labute approximate surface area is 110 Å². The van der Waals surface area contributed by atoms with E-state index < -0.39 is 6.10 Å². The van der Waals surface area contributed by atoms with Crippen molar-refractivity contribution in [2.45, 2.75) is 18.6 Å². The Balaban J connectivity index is 1.92. The van der Waals surface area contributed by atoms with Crippen molar-refractivity contribution in [3.63, 3.8) is 0 Å². The molecule has 0 saturated carbocycles. The predicted octanol–water partition coefficient (Wildman–Crippen LogP) is 1.93. The van der Waals surface area contributed by atoms with Crippen LogP contribution in [0.2, 0.25) is 0 Å². The molecule has 0 aliphatic carbocycles. The Hall–Kier alpha value is -2.01. The molecule has 1 saturated heterocycles. The van der Waals surface area contributed by atoms with Gasteiger partial charge in [0.1, 0.15) is 11.6 Å². The highest BCUT2D eigenvalue weighted by Crippen LogP contribution is 2.34. The van der Waals surface area contributed by atoms with Gasteiger partial charge in [0, 0.05) is 18.9 Å². The van der Waals surface area contributed by atoms with E-state index in [0.717, 1.165) is 11.4 Å². The van der Waals surface area contributed by atoms with Gasteiger partial charge in [-0.15, -0.1) is 0 Å². The van der Waals surface area contributed by atoms with Crippen molar-refractivity contribution in [2.75, 3.05) is 11.4 Å². The second-order valence-electron chi connectivity index (χ2n) is 4.67. The van der Waals surface area contributed by atoms with Crippen LogP contribution < -0.4 is 4.90 Å². The molecule has 0 radical (unpaired) electrons. The average Bonchev–Trinajstić information content (AvgIpc) is 2.83. The van der Waals surface area contributed by atoms with Crippen LogP contribution in [-0.2, 0) is 0 Å². The first kappa shape index (κ1) is 12.0. The fourth-order valence-electron chi connectivity index (χ4n) is 2.51. The number of β-amino-alcohol motifs (C(OH)–C–C–N with tert-alkyl or cyclic N) is 1. The number of aromatic nitrogens is 2. The summed E-state index contributed by atoms with van der Waals surface area (Å²) in [6, 6.07) is 6.39. The number of hydrogen-bond donors (Lipinski definition) is 1. The summed E-state index contributed by atoms with van der Waals surface area (Å²) < 4.78 is 13.0. The van der Waals surface area contributed by atoms with Crippen molar-refractivity contribution in [3.8, 4) is 0 Å². The molecule has 2 heterocycles. The van der Waals surface area contributed by atoms with Gasteiger partial charge < -0.3 is 10.0 Å².